The Morgan fingerprint density at radius 3 is 2.50 bits per heavy atom. The number of fused-ring (bicyclic) bond motifs is 1. The molecule has 1 heterocycles. The summed E-state index contributed by atoms with van der Waals surface area (Å²) in [4.78, 5) is 0. The molecule has 0 saturated carbocycles. The van der Waals surface area contributed by atoms with Crippen molar-refractivity contribution in [2.24, 2.45) is 0 Å². The van der Waals surface area contributed by atoms with Gasteiger partial charge in [0.15, 0.2) is 0 Å². The molecule has 14 heavy (non-hydrogen) atoms. The highest BCUT2D eigenvalue weighted by Gasteiger charge is 2.14. The van der Waals surface area contributed by atoms with Gasteiger partial charge in [0, 0.05) is 4.70 Å². The van der Waals surface area contributed by atoms with Gasteiger partial charge >= 0.3 is 0 Å². The van der Waals surface area contributed by atoms with Crippen LogP contribution in [0.3, 0.4) is 0 Å². The first-order valence-corrected chi connectivity index (χ1v) is 5.85. The van der Waals surface area contributed by atoms with Gasteiger partial charge in [-0.15, -0.1) is 11.3 Å². The number of hydrogen-bond acceptors (Lipinski definition) is 1. The Kier molecular flexibility index (Phi) is 2.15. The Balaban J connectivity index is 2.63. The quantitative estimate of drug-likeness (QED) is 0.592. The van der Waals surface area contributed by atoms with Gasteiger partial charge in [0.25, 0.3) is 0 Å². The molecule has 0 radical (unpaired) electrons. The zero-order chi connectivity index (χ0) is 10.3. The summed E-state index contributed by atoms with van der Waals surface area (Å²) in [6, 6.07) is 6.83. The van der Waals surface area contributed by atoms with E-state index in [9.17, 15) is 0 Å². The Bertz CT molecular complexity index is 458. The third-order valence-corrected chi connectivity index (χ3v) is 3.70. The van der Waals surface area contributed by atoms with Gasteiger partial charge in [-0.1, -0.05) is 32.9 Å². The summed E-state index contributed by atoms with van der Waals surface area (Å²) in [6.45, 7) is 8.95. The van der Waals surface area contributed by atoms with Gasteiger partial charge in [0.05, 0.1) is 0 Å². The Labute approximate surface area is 89.6 Å². The van der Waals surface area contributed by atoms with Crippen molar-refractivity contribution >= 4 is 21.4 Å². The van der Waals surface area contributed by atoms with E-state index in [2.05, 4.69) is 51.3 Å². The van der Waals surface area contributed by atoms with Gasteiger partial charge in [0.1, 0.15) is 0 Å². The first kappa shape index (κ1) is 9.72. The van der Waals surface area contributed by atoms with Crippen LogP contribution in [0.5, 0.6) is 0 Å². The van der Waals surface area contributed by atoms with Crippen LogP contribution in [0, 0.1) is 6.92 Å². The van der Waals surface area contributed by atoms with Crippen LogP contribution >= 0.6 is 11.3 Å². The van der Waals surface area contributed by atoms with Crippen molar-refractivity contribution < 1.29 is 0 Å². The lowest BCUT2D eigenvalue weighted by Crippen LogP contribution is -2.10. The molecular formula is C13H16S. The van der Waals surface area contributed by atoms with Gasteiger partial charge in [-0.05, 0) is 40.3 Å². The maximum Gasteiger partial charge on any atom is 0.0348 e. The minimum absolute atomic E-state index is 0.256. The molecule has 1 heteroatoms. The van der Waals surface area contributed by atoms with Crippen molar-refractivity contribution in [1.82, 2.24) is 0 Å². The molecule has 0 saturated heterocycles. The molecule has 0 atom stereocenters. The van der Waals surface area contributed by atoms with E-state index >= 15 is 0 Å². The Morgan fingerprint density at radius 1 is 1.14 bits per heavy atom. The predicted molar refractivity (Wildman–Crippen MR) is 65.3 cm³/mol. The molecule has 0 bridgehead atoms. The van der Waals surface area contributed by atoms with E-state index < -0.39 is 0 Å². The van der Waals surface area contributed by atoms with Crippen molar-refractivity contribution in [3.05, 3.63) is 34.7 Å². The van der Waals surface area contributed by atoms with Crippen LogP contribution in [0.2, 0.25) is 0 Å². The summed E-state index contributed by atoms with van der Waals surface area (Å²) < 4.78 is 1.41. The lowest BCUT2D eigenvalue weighted by atomic mass is 9.87. The molecule has 1 aromatic heterocycles. The monoisotopic (exact) mass is 204 g/mol. The molecule has 0 aliphatic rings. The van der Waals surface area contributed by atoms with E-state index in [-0.39, 0.29) is 5.41 Å². The first-order chi connectivity index (χ1) is 6.48. The fourth-order valence-corrected chi connectivity index (χ4v) is 2.61. The average Bonchev–Trinajstić information content (AvgIpc) is 2.46. The van der Waals surface area contributed by atoms with Crippen LogP contribution < -0.4 is 0 Å². The van der Waals surface area contributed by atoms with Crippen molar-refractivity contribution in [3.8, 4) is 0 Å². The van der Waals surface area contributed by atoms with E-state index in [4.69, 9.17) is 0 Å². The average molecular weight is 204 g/mol. The summed E-state index contributed by atoms with van der Waals surface area (Å²) in [5.74, 6) is 0. The van der Waals surface area contributed by atoms with Crippen molar-refractivity contribution in [2.75, 3.05) is 0 Å². The van der Waals surface area contributed by atoms with E-state index in [0.29, 0.717) is 0 Å². The van der Waals surface area contributed by atoms with Gasteiger partial charge in [0.2, 0.25) is 0 Å². The second-order valence-electron chi connectivity index (χ2n) is 4.88. The number of aryl methyl sites for hydroxylation is 1. The maximum atomic E-state index is 2.33. The van der Waals surface area contributed by atoms with Gasteiger partial charge in [-0.2, -0.15) is 0 Å². The highest BCUT2D eigenvalue weighted by atomic mass is 32.1. The van der Waals surface area contributed by atoms with E-state index in [1.54, 1.807) is 0 Å². The van der Waals surface area contributed by atoms with Crippen molar-refractivity contribution in [3.63, 3.8) is 0 Å². The molecule has 2 rings (SSSR count). The zero-order valence-electron chi connectivity index (χ0n) is 9.22. The lowest BCUT2D eigenvalue weighted by molar-refractivity contribution is 0.591. The standard InChI is InChI=1S/C13H16S/c1-9-8-14-12-7-10(13(2,3)4)5-6-11(9)12/h5-8H,1-4H3. The SMILES string of the molecule is Cc1csc2cc(C(C)(C)C)ccc12. The highest BCUT2D eigenvalue weighted by Crippen LogP contribution is 2.30. The molecule has 0 nitrogen and oxygen atoms in total. The number of rotatable bonds is 0. The van der Waals surface area contributed by atoms with Crippen LogP contribution in [-0.4, -0.2) is 0 Å². The topological polar surface area (TPSA) is 0 Å². The fourth-order valence-electron chi connectivity index (χ4n) is 1.63. The molecule has 0 fully saturated rings. The molecular weight excluding hydrogens is 188 g/mol. The molecule has 1 aromatic carbocycles. The Hall–Kier alpha value is -0.820. The molecule has 0 unspecified atom stereocenters. The molecule has 74 valence electrons. The summed E-state index contributed by atoms with van der Waals surface area (Å²) in [6.07, 6.45) is 0. The molecule has 0 spiro atoms. The van der Waals surface area contributed by atoms with Gasteiger partial charge < -0.3 is 0 Å². The summed E-state index contributed by atoms with van der Waals surface area (Å²) in [5, 5.41) is 3.64. The normalized spacial score (nSPS) is 12.3. The van der Waals surface area contributed by atoms with Gasteiger partial charge in [-0.25, -0.2) is 0 Å². The smallest absolute Gasteiger partial charge is 0.0348 e. The minimum Gasteiger partial charge on any atom is -0.144 e. The fraction of sp³-hybridized carbons (Fsp3) is 0.385. The van der Waals surface area contributed by atoms with Crippen LogP contribution in [0.15, 0.2) is 23.6 Å². The summed E-state index contributed by atoms with van der Waals surface area (Å²) in [7, 11) is 0. The Morgan fingerprint density at radius 2 is 1.86 bits per heavy atom. The van der Waals surface area contributed by atoms with Crippen LogP contribution in [0.1, 0.15) is 31.9 Å². The predicted octanol–water partition coefficient (Wildman–Crippen LogP) is 4.51. The lowest BCUT2D eigenvalue weighted by Gasteiger charge is -2.18. The van der Waals surface area contributed by atoms with E-state index in [1.807, 2.05) is 11.3 Å². The van der Waals surface area contributed by atoms with Crippen molar-refractivity contribution in [1.29, 1.82) is 0 Å². The van der Waals surface area contributed by atoms with Gasteiger partial charge in [-0.3, -0.25) is 0 Å². The van der Waals surface area contributed by atoms with Crippen LogP contribution in [0.4, 0.5) is 0 Å². The second-order valence-corrected chi connectivity index (χ2v) is 5.79. The van der Waals surface area contributed by atoms with E-state index in [0.717, 1.165) is 0 Å². The van der Waals surface area contributed by atoms with E-state index in [1.165, 1.54) is 21.2 Å². The summed E-state index contributed by atoms with van der Waals surface area (Å²) in [5.41, 5.74) is 3.07. The maximum absolute atomic E-state index is 2.33. The minimum atomic E-state index is 0.256. The number of thiophene rings is 1. The third-order valence-electron chi connectivity index (χ3n) is 2.64. The second kappa shape index (κ2) is 3.09. The first-order valence-electron chi connectivity index (χ1n) is 4.97. The summed E-state index contributed by atoms with van der Waals surface area (Å²) >= 11 is 1.84. The number of benzene rings is 1. The number of hydrogen-bond donors (Lipinski definition) is 0. The molecule has 2 aromatic rings. The van der Waals surface area contributed by atoms with Crippen LogP contribution in [0.25, 0.3) is 10.1 Å². The largest absolute Gasteiger partial charge is 0.144 e. The zero-order valence-corrected chi connectivity index (χ0v) is 10.0. The molecule has 0 N–H and O–H groups in total. The highest BCUT2D eigenvalue weighted by molar-refractivity contribution is 7.17. The molecule has 0 amide bonds. The molecule has 0 aliphatic heterocycles. The third kappa shape index (κ3) is 1.57. The molecule has 0 aliphatic carbocycles. The van der Waals surface area contributed by atoms with Crippen LogP contribution in [-0.2, 0) is 5.41 Å². The van der Waals surface area contributed by atoms with Crippen molar-refractivity contribution in [2.45, 2.75) is 33.1 Å².